The van der Waals surface area contributed by atoms with E-state index in [2.05, 4.69) is 0 Å². The smallest absolute Gasteiger partial charge is 0.256 e. The Labute approximate surface area is 144 Å². The van der Waals surface area contributed by atoms with E-state index in [9.17, 15) is 14.3 Å². The van der Waals surface area contributed by atoms with Crippen LogP contribution in [0.2, 0.25) is 0 Å². The maximum atomic E-state index is 13.8. The van der Waals surface area contributed by atoms with Crippen molar-refractivity contribution in [3.63, 3.8) is 0 Å². The summed E-state index contributed by atoms with van der Waals surface area (Å²) in [5.41, 5.74) is 0.992. The van der Waals surface area contributed by atoms with Gasteiger partial charge in [-0.25, -0.2) is 4.39 Å². The molecule has 2 atom stereocenters. The Balaban J connectivity index is 1.49. The van der Waals surface area contributed by atoms with Gasteiger partial charge in [-0.2, -0.15) is 0 Å². The van der Waals surface area contributed by atoms with Crippen molar-refractivity contribution in [1.29, 1.82) is 0 Å². The standard InChI is InChI=1S/C19H18FNO4/c20-15-4-2-1-3-14(15)19(23)21-8-7-13(16(22)10-21)12-5-6-17-18(9-12)25-11-24-17/h1-6,9,13,16,22H,7-8,10-11H2/t13-,16+/m0/s1. The molecule has 0 aliphatic carbocycles. The lowest BCUT2D eigenvalue weighted by Gasteiger charge is -2.36. The molecule has 6 heteroatoms. The minimum atomic E-state index is -0.718. The number of carbonyl (C=O) groups is 1. The first-order valence-electron chi connectivity index (χ1n) is 8.25. The molecule has 1 N–H and O–H groups in total. The molecule has 2 aromatic carbocycles. The zero-order valence-electron chi connectivity index (χ0n) is 13.5. The molecule has 0 saturated carbocycles. The lowest BCUT2D eigenvalue weighted by atomic mass is 9.86. The highest BCUT2D eigenvalue weighted by Gasteiger charge is 2.33. The van der Waals surface area contributed by atoms with Gasteiger partial charge in [-0.05, 0) is 36.2 Å². The second kappa shape index (κ2) is 6.37. The van der Waals surface area contributed by atoms with Crippen LogP contribution in [0.15, 0.2) is 42.5 Å². The van der Waals surface area contributed by atoms with Crippen LogP contribution in [0.4, 0.5) is 4.39 Å². The Morgan fingerprint density at radius 3 is 2.76 bits per heavy atom. The van der Waals surface area contributed by atoms with E-state index in [1.165, 1.54) is 17.0 Å². The molecule has 0 spiro atoms. The van der Waals surface area contributed by atoms with E-state index in [1.54, 1.807) is 12.1 Å². The number of nitrogens with zero attached hydrogens (tertiary/aromatic N) is 1. The quantitative estimate of drug-likeness (QED) is 0.910. The molecule has 2 heterocycles. The number of benzene rings is 2. The van der Waals surface area contributed by atoms with Crippen LogP contribution in [-0.2, 0) is 0 Å². The van der Waals surface area contributed by atoms with E-state index in [0.717, 1.165) is 5.56 Å². The maximum Gasteiger partial charge on any atom is 0.256 e. The van der Waals surface area contributed by atoms with Crippen LogP contribution in [0.25, 0.3) is 0 Å². The van der Waals surface area contributed by atoms with E-state index in [4.69, 9.17) is 9.47 Å². The topological polar surface area (TPSA) is 59.0 Å². The summed E-state index contributed by atoms with van der Waals surface area (Å²) in [5.74, 6) is 0.348. The number of amides is 1. The third kappa shape index (κ3) is 2.93. The fraction of sp³-hybridized carbons (Fsp3) is 0.316. The molecular formula is C19H18FNO4. The molecule has 0 bridgehead atoms. The molecule has 2 aliphatic rings. The summed E-state index contributed by atoms with van der Waals surface area (Å²) in [6, 6.07) is 11.5. The Morgan fingerprint density at radius 1 is 1.16 bits per heavy atom. The number of fused-ring (bicyclic) bond motifs is 1. The lowest BCUT2D eigenvalue weighted by Crippen LogP contribution is -2.45. The Hall–Kier alpha value is -2.60. The van der Waals surface area contributed by atoms with Crippen molar-refractivity contribution < 1.29 is 23.8 Å². The summed E-state index contributed by atoms with van der Waals surface area (Å²) in [4.78, 5) is 14.0. The van der Waals surface area contributed by atoms with Crippen LogP contribution in [0, 0.1) is 5.82 Å². The number of hydrogen-bond donors (Lipinski definition) is 1. The fourth-order valence-electron chi connectivity index (χ4n) is 3.45. The maximum absolute atomic E-state index is 13.8. The summed E-state index contributed by atoms with van der Waals surface area (Å²) in [7, 11) is 0. The highest BCUT2D eigenvalue weighted by molar-refractivity contribution is 5.94. The van der Waals surface area contributed by atoms with Gasteiger partial charge in [0.2, 0.25) is 6.79 Å². The van der Waals surface area contributed by atoms with E-state index < -0.39 is 11.9 Å². The lowest BCUT2D eigenvalue weighted by molar-refractivity contribution is 0.0378. The van der Waals surface area contributed by atoms with Gasteiger partial charge < -0.3 is 19.5 Å². The molecule has 0 unspecified atom stereocenters. The second-order valence-corrected chi connectivity index (χ2v) is 6.31. The van der Waals surface area contributed by atoms with Gasteiger partial charge in [-0.15, -0.1) is 0 Å². The Bertz CT molecular complexity index is 810. The highest BCUT2D eigenvalue weighted by Crippen LogP contribution is 2.37. The van der Waals surface area contributed by atoms with Crippen LogP contribution in [-0.4, -0.2) is 41.9 Å². The van der Waals surface area contributed by atoms with Gasteiger partial charge >= 0.3 is 0 Å². The average molecular weight is 343 g/mol. The number of aliphatic hydroxyl groups is 1. The molecule has 2 aromatic rings. The molecular weight excluding hydrogens is 325 g/mol. The molecule has 0 radical (unpaired) electrons. The number of halogens is 1. The van der Waals surface area contributed by atoms with Crippen molar-refractivity contribution in [3.05, 3.63) is 59.4 Å². The molecule has 2 aliphatic heterocycles. The molecule has 1 fully saturated rings. The number of ether oxygens (including phenoxy) is 2. The monoisotopic (exact) mass is 343 g/mol. The van der Waals surface area contributed by atoms with Crippen molar-refractivity contribution in [2.75, 3.05) is 19.9 Å². The zero-order valence-corrected chi connectivity index (χ0v) is 13.5. The van der Waals surface area contributed by atoms with Crippen LogP contribution in [0.3, 0.4) is 0 Å². The van der Waals surface area contributed by atoms with E-state index in [-0.39, 0.29) is 30.7 Å². The number of likely N-dealkylation sites (tertiary alicyclic amines) is 1. The third-order valence-corrected chi connectivity index (χ3v) is 4.80. The van der Waals surface area contributed by atoms with E-state index in [0.29, 0.717) is 24.5 Å². The first kappa shape index (κ1) is 15.9. The predicted octanol–water partition coefficient (Wildman–Crippen LogP) is 2.55. The number of aliphatic hydroxyl groups excluding tert-OH is 1. The minimum Gasteiger partial charge on any atom is -0.454 e. The third-order valence-electron chi connectivity index (χ3n) is 4.80. The molecule has 130 valence electrons. The van der Waals surface area contributed by atoms with Gasteiger partial charge in [0.15, 0.2) is 11.5 Å². The normalized spacial score (nSPS) is 22.1. The summed E-state index contributed by atoms with van der Waals surface area (Å²) in [6.45, 7) is 0.840. The van der Waals surface area contributed by atoms with Crippen molar-refractivity contribution in [1.82, 2.24) is 4.90 Å². The van der Waals surface area contributed by atoms with Crippen molar-refractivity contribution in [2.45, 2.75) is 18.4 Å². The van der Waals surface area contributed by atoms with Crippen molar-refractivity contribution >= 4 is 5.91 Å². The predicted molar refractivity (Wildman–Crippen MR) is 88.2 cm³/mol. The zero-order chi connectivity index (χ0) is 17.4. The van der Waals surface area contributed by atoms with Gasteiger partial charge in [-0.1, -0.05) is 18.2 Å². The van der Waals surface area contributed by atoms with Crippen LogP contribution in [0.1, 0.15) is 28.3 Å². The first-order chi connectivity index (χ1) is 12.1. The molecule has 25 heavy (non-hydrogen) atoms. The second-order valence-electron chi connectivity index (χ2n) is 6.31. The number of β-amino-alcohol motifs (C(OH)–C–C–N with tert-alkyl or cyclic N) is 1. The highest BCUT2D eigenvalue weighted by atomic mass is 19.1. The van der Waals surface area contributed by atoms with E-state index in [1.807, 2.05) is 18.2 Å². The van der Waals surface area contributed by atoms with E-state index >= 15 is 0 Å². The minimum absolute atomic E-state index is 0.0382. The Kier molecular flexibility index (Phi) is 4.05. The van der Waals surface area contributed by atoms with Gasteiger partial charge in [0.1, 0.15) is 5.82 Å². The largest absolute Gasteiger partial charge is 0.454 e. The van der Waals surface area contributed by atoms with Gasteiger partial charge in [0.05, 0.1) is 11.7 Å². The Morgan fingerprint density at radius 2 is 1.96 bits per heavy atom. The van der Waals surface area contributed by atoms with Crippen LogP contribution >= 0.6 is 0 Å². The SMILES string of the molecule is O=C(c1ccccc1F)N1CC[C@@H](c2ccc3c(c2)OCO3)[C@H](O)C1. The molecule has 1 amide bonds. The molecule has 5 nitrogen and oxygen atoms in total. The summed E-state index contributed by atoms with van der Waals surface area (Å²) in [5, 5.41) is 10.5. The van der Waals surface area contributed by atoms with Gasteiger partial charge in [0, 0.05) is 19.0 Å². The van der Waals surface area contributed by atoms with Gasteiger partial charge in [0.25, 0.3) is 5.91 Å². The summed E-state index contributed by atoms with van der Waals surface area (Å²) >= 11 is 0. The fourth-order valence-corrected chi connectivity index (χ4v) is 3.45. The molecule has 4 rings (SSSR count). The number of rotatable bonds is 2. The summed E-state index contributed by atoms with van der Waals surface area (Å²) < 4.78 is 24.5. The number of hydrogen-bond acceptors (Lipinski definition) is 4. The van der Waals surface area contributed by atoms with Crippen molar-refractivity contribution in [2.24, 2.45) is 0 Å². The van der Waals surface area contributed by atoms with Gasteiger partial charge in [-0.3, -0.25) is 4.79 Å². The molecule has 0 aromatic heterocycles. The number of carbonyl (C=O) groups excluding carboxylic acids is 1. The van der Waals surface area contributed by atoms with Crippen LogP contribution < -0.4 is 9.47 Å². The van der Waals surface area contributed by atoms with Crippen molar-refractivity contribution in [3.8, 4) is 11.5 Å². The van der Waals surface area contributed by atoms with Crippen LogP contribution in [0.5, 0.6) is 11.5 Å². The average Bonchev–Trinajstić information content (AvgIpc) is 3.09. The number of piperidine rings is 1. The molecule has 1 saturated heterocycles. The summed E-state index contributed by atoms with van der Waals surface area (Å²) in [6.07, 6.45) is -0.120. The first-order valence-corrected chi connectivity index (χ1v) is 8.25.